The quantitative estimate of drug-likeness (QED) is 0.261. The average Bonchev–Trinajstić information content (AvgIpc) is 3.24. The molecule has 0 saturated carbocycles. The monoisotopic (exact) mass is 671 g/mol. The van der Waals surface area contributed by atoms with E-state index in [2.05, 4.69) is 29.0 Å². The van der Waals surface area contributed by atoms with Gasteiger partial charge in [-0.25, -0.2) is 9.59 Å². The van der Waals surface area contributed by atoms with Gasteiger partial charge in [-0.1, -0.05) is 61.3 Å². The van der Waals surface area contributed by atoms with Crippen LogP contribution in [0.25, 0.3) is 0 Å². The lowest BCUT2D eigenvalue weighted by Crippen LogP contribution is -2.69. The van der Waals surface area contributed by atoms with Crippen LogP contribution in [-0.2, 0) is 22.6 Å². The Morgan fingerprint density at radius 3 is 2.52 bits per heavy atom. The maximum Gasteiger partial charge on any atom is 0.411 e. The van der Waals surface area contributed by atoms with Crippen molar-refractivity contribution in [1.82, 2.24) is 19.6 Å². The summed E-state index contributed by atoms with van der Waals surface area (Å²) < 4.78 is 5.87. The first kappa shape index (κ1) is 34.5. The SMILES string of the molecule is CCN(CC)CCC1CCN([C@]2(CC=O)C[C@H](N3CCc4ccccc4NC3=O)CCN2C(=O)OCc2ccc(Cl)c(Cl)c2)CC1. The Morgan fingerprint density at radius 2 is 1.80 bits per heavy atom. The molecule has 9 nitrogen and oxygen atoms in total. The van der Waals surface area contributed by atoms with Gasteiger partial charge in [-0.05, 0) is 87.0 Å². The van der Waals surface area contributed by atoms with Gasteiger partial charge in [0.25, 0.3) is 0 Å². The van der Waals surface area contributed by atoms with E-state index in [1.807, 2.05) is 29.2 Å². The topological polar surface area (TPSA) is 85.4 Å². The van der Waals surface area contributed by atoms with Gasteiger partial charge >= 0.3 is 12.1 Å². The number of nitrogens with one attached hydrogen (secondary N) is 1. The summed E-state index contributed by atoms with van der Waals surface area (Å²) in [6, 6.07) is 12.8. The molecule has 2 aromatic rings. The number of piperidine rings is 2. The van der Waals surface area contributed by atoms with Gasteiger partial charge in [-0.2, -0.15) is 0 Å². The molecule has 3 aliphatic heterocycles. The molecule has 0 bridgehead atoms. The molecular formula is C35H47Cl2N5O4. The number of urea groups is 1. The van der Waals surface area contributed by atoms with Crippen molar-refractivity contribution in [2.45, 2.75) is 77.1 Å². The van der Waals surface area contributed by atoms with Crippen molar-refractivity contribution < 1.29 is 19.1 Å². The summed E-state index contributed by atoms with van der Waals surface area (Å²) in [4.78, 5) is 48.4. The van der Waals surface area contributed by atoms with E-state index in [0.717, 1.165) is 81.5 Å². The van der Waals surface area contributed by atoms with Gasteiger partial charge in [0.05, 0.1) is 10.0 Å². The van der Waals surface area contributed by atoms with Crippen molar-refractivity contribution in [3.8, 4) is 0 Å². The van der Waals surface area contributed by atoms with Crippen LogP contribution >= 0.6 is 23.2 Å². The molecule has 2 saturated heterocycles. The Bertz CT molecular complexity index is 1370. The first-order chi connectivity index (χ1) is 22.3. The smallest absolute Gasteiger partial charge is 0.411 e. The lowest BCUT2D eigenvalue weighted by Gasteiger charge is -2.56. The summed E-state index contributed by atoms with van der Waals surface area (Å²) in [5.41, 5.74) is 1.77. The van der Waals surface area contributed by atoms with Crippen LogP contribution in [0.3, 0.4) is 0 Å². The molecule has 1 N–H and O–H groups in total. The number of halogens is 2. The lowest BCUT2D eigenvalue weighted by atomic mass is 9.83. The van der Waals surface area contributed by atoms with Gasteiger partial charge in [0.1, 0.15) is 18.6 Å². The normalized spacial score (nSPS) is 22.7. The van der Waals surface area contributed by atoms with E-state index in [-0.39, 0.29) is 25.1 Å². The third-order valence-electron chi connectivity index (χ3n) is 10.3. The Kier molecular flexibility index (Phi) is 11.9. The van der Waals surface area contributed by atoms with E-state index in [9.17, 15) is 14.4 Å². The molecule has 2 fully saturated rings. The third kappa shape index (κ3) is 7.81. The predicted molar refractivity (Wildman–Crippen MR) is 182 cm³/mol. The van der Waals surface area contributed by atoms with Crippen LogP contribution in [0, 0.1) is 5.92 Å². The number of fused-ring (bicyclic) bond motifs is 1. The van der Waals surface area contributed by atoms with Gasteiger partial charge in [0.15, 0.2) is 0 Å². The molecule has 5 rings (SSSR count). The largest absolute Gasteiger partial charge is 0.444 e. The Labute approximate surface area is 283 Å². The van der Waals surface area contributed by atoms with Crippen LogP contribution in [0.2, 0.25) is 10.0 Å². The van der Waals surface area contributed by atoms with Gasteiger partial charge < -0.3 is 24.6 Å². The van der Waals surface area contributed by atoms with Gasteiger partial charge in [-0.15, -0.1) is 0 Å². The highest BCUT2D eigenvalue weighted by Crippen LogP contribution is 2.40. The first-order valence-electron chi connectivity index (χ1n) is 16.7. The highest BCUT2D eigenvalue weighted by Gasteiger charge is 2.51. The number of hydrogen-bond donors (Lipinski definition) is 1. The van der Waals surface area contributed by atoms with Crippen molar-refractivity contribution in [1.29, 1.82) is 0 Å². The molecule has 0 radical (unpaired) electrons. The second kappa shape index (κ2) is 15.8. The lowest BCUT2D eigenvalue weighted by molar-refractivity contribution is -0.128. The van der Waals surface area contributed by atoms with Crippen LogP contribution in [0.15, 0.2) is 42.5 Å². The number of amides is 3. The number of carbonyl (C=O) groups is 3. The van der Waals surface area contributed by atoms with Gasteiger partial charge in [0.2, 0.25) is 0 Å². The minimum Gasteiger partial charge on any atom is -0.444 e. The molecule has 3 amide bonds. The van der Waals surface area contributed by atoms with Crippen LogP contribution in [0.5, 0.6) is 0 Å². The molecule has 3 aliphatic rings. The summed E-state index contributed by atoms with van der Waals surface area (Å²) in [7, 11) is 0. The molecule has 3 heterocycles. The van der Waals surface area contributed by atoms with E-state index in [1.165, 1.54) is 0 Å². The Morgan fingerprint density at radius 1 is 1.04 bits per heavy atom. The zero-order valence-electron chi connectivity index (χ0n) is 27.1. The maximum absolute atomic E-state index is 13.9. The fraction of sp³-hybridized carbons (Fsp3) is 0.571. The van der Waals surface area contributed by atoms with E-state index in [4.69, 9.17) is 27.9 Å². The maximum atomic E-state index is 13.9. The van der Waals surface area contributed by atoms with Crippen molar-refractivity contribution in [2.24, 2.45) is 5.92 Å². The fourth-order valence-corrected chi connectivity index (χ4v) is 7.81. The second-order valence-corrected chi connectivity index (χ2v) is 13.5. The molecule has 0 unspecified atom stereocenters. The molecule has 11 heteroatoms. The molecular weight excluding hydrogens is 625 g/mol. The second-order valence-electron chi connectivity index (χ2n) is 12.7. The number of rotatable bonds is 11. The van der Waals surface area contributed by atoms with Crippen molar-refractivity contribution in [3.05, 3.63) is 63.6 Å². The summed E-state index contributed by atoms with van der Waals surface area (Å²) >= 11 is 12.3. The molecule has 0 aromatic heterocycles. The van der Waals surface area contributed by atoms with Crippen LogP contribution in [0.4, 0.5) is 15.3 Å². The Hall–Kier alpha value is -2.85. The van der Waals surface area contributed by atoms with Gasteiger partial charge in [-0.3, -0.25) is 9.80 Å². The number of aldehydes is 1. The van der Waals surface area contributed by atoms with Crippen LogP contribution in [0.1, 0.15) is 63.5 Å². The zero-order chi connectivity index (χ0) is 32.7. The molecule has 0 aliphatic carbocycles. The van der Waals surface area contributed by atoms with Crippen LogP contribution < -0.4 is 5.32 Å². The number of nitrogens with zero attached hydrogens (tertiary/aromatic N) is 4. The molecule has 2 atom stereocenters. The molecule has 2 aromatic carbocycles. The van der Waals surface area contributed by atoms with E-state index >= 15 is 0 Å². The predicted octanol–water partition coefficient (Wildman–Crippen LogP) is 6.91. The fourth-order valence-electron chi connectivity index (χ4n) is 7.49. The minimum atomic E-state index is -0.900. The third-order valence-corrected chi connectivity index (χ3v) is 11.0. The number of ether oxygens (including phenoxy) is 1. The summed E-state index contributed by atoms with van der Waals surface area (Å²) in [6.07, 6.45) is 5.53. The summed E-state index contributed by atoms with van der Waals surface area (Å²) in [5.74, 6) is 0.592. The standard InChI is InChI=1S/C35H47Cl2N5O4/c1-3-39(4-2)17-11-26-12-18-40(19-13-26)35(16-22-43)24-29(41-20-14-28-7-5-6-8-32(28)38-33(41)44)15-21-42(35)34(45)46-25-27-9-10-30(36)31(37)23-27/h5-10,22-23,26,29H,3-4,11-21,24-25H2,1-2H3,(H,38,44)/t29-,35+/m1/s1. The van der Waals surface area contributed by atoms with Crippen molar-refractivity contribution in [2.75, 3.05) is 51.1 Å². The molecule has 46 heavy (non-hydrogen) atoms. The van der Waals surface area contributed by atoms with E-state index in [0.29, 0.717) is 41.9 Å². The number of benzene rings is 2. The van der Waals surface area contributed by atoms with Crippen LogP contribution in [-0.4, -0.2) is 95.5 Å². The first-order valence-corrected chi connectivity index (χ1v) is 17.5. The number of hydrogen-bond acceptors (Lipinski definition) is 6. The highest BCUT2D eigenvalue weighted by atomic mass is 35.5. The van der Waals surface area contributed by atoms with E-state index in [1.54, 1.807) is 23.1 Å². The van der Waals surface area contributed by atoms with Gasteiger partial charge in [0, 0.05) is 50.7 Å². The Balaban J connectivity index is 1.36. The van der Waals surface area contributed by atoms with E-state index < -0.39 is 11.8 Å². The average molecular weight is 673 g/mol. The zero-order valence-corrected chi connectivity index (χ0v) is 28.6. The number of carbonyl (C=O) groups excluding carboxylic acids is 3. The van der Waals surface area contributed by atoms with Crippen molar-refractivity contribution in [3.63, 3.8) is 0 Å². The highest BCUT2D eigenvalue weighted by molar-refractivity contribution is 6.42. The number of likely N-dealkylation sites (tertiary alicyclic amines) is 2. The van der Waals surface area contributed by atoms with Crippen molar-refractivity contribution >= 4 is 47.3 Å². The molecule has 250 valence electrons. The number of anilines is 1. The molecule has 0 spiro atoms. The minimum absolute atomic E-state index is 0.0348. The summed E-state index contributed by atoms with van der Waals surface area (Å²) in [6.45, 7) is 10.1. The summed E-state index contributed by atoms with van der Waals surface area (Å²) in [5, 5.41) is 3.93. The number of para-hydroxylation sites is 1.